The Morgan fingerprint density at radius 1 is 0.562 bits per heavy atom. The van der Waals surface area contributed by atoms with Crippen LogP contribution in [0.4, 0.5) is 0 Å². The first-order valence-electron chi connectivity index (χ1n) is 9.29. The number of hydrogen-bond donors (Lipinski definition) is 4. The van der Waals surface area contributed by atoms with Gasteiger partial charge in [0.2, 0.25) is 0 Å². The molecule has 4 saturated heterocycles. The molecule has 0 unspecified atom stereocenters. The Kier molecular flexibility index (Phi) is 19.5. The van der Waals surface area contributed by atoms with Gasteiger partial charge in [-0.05, 0) is 57.0 Å². The summed E-state index contributed by atoms with van der Waals surface area (Å²) in [5, 5.41) is 0. The molecule has 17 heteroatoms. The van der Waals surface area contributed by atoms with Crippen molar-refractivity contribution in [2.24, 2.45) is 11.8 Å². The van der Waals surface area contributed by atoms with Crippen LogP contribution in [0.1, 0.15) is 44.9 Å². The molecule has 0 aliphatic carbocycles. The Balaban J connectivity index is -0.000000228. The largest absolute Gasteiger partial charge is 0.412 e. The molecule has 4 atom stereocenters. The van der Waals surface area contributed by atoms with Gasteiger partial charge in [0.05, 0.1) is 0 Å². The summed E-state index contributed by atoms with van der Waals surface area (Å²) in [6.45, 7) is 5.68. The second-order valence-corrected chi connectivity index (χ2v) is 9.56. The quantitative estimate of drug-likeness (QED) is 0.233. The molecule has 4 aliphatic heterocycles. The van der Waals surface area contributed by atoms with Crippen LogP contribution in [0.25, 0.3) is 0 Å². The molecule has 200 valence electrons. The molecular formula is C15H40N2O13S2. The summed E-state index contributed by atoms with van der Waals surface area (Å²) >= 11 is 0. The van der Waals surface area contributed by atoms with E-state index in [1.54, 1.807) is 6.42 Å². The number of rotatable bonds is 0. The molecule has 4 fully saturated rings. The van der Waals surface area contributed by atoms with Crippen molar-refractivity contribution in [3.63, 3.8) is 0 Å². The molecule has 2 bridgehead atoms. The summed E-state index contributed by atoms with van der Waals surface area (Å²) in [6, 6.07) is 1.92. The van der Waals surface area contributed by atoms with Crippen molar-refractivity contribution >= 4 is 20.8 Å². The molecule has 0 aromatic heterocycles. The van der Waals surface area contributed by atoms with Gasteiger partial charge in [-0.1, -0.05) is 12.8 Å². The monoisotopic (exact) mass is 520 g/mol. The lowest BCUT2D eigenvalue weighted by Gasteiger charge is -2.57. The fourth-order valence-corrected chi connectivity index (χ4v) is 5.25. The van der Waals surface area contributed by atoms with Crippen molar-refractivity contribution in [1.29, 1.82) is 0 Å². The Morgan fingerprint density at radius 2 is 0.844 bits per heavy atom. The smallest absolute Gasteiger partial charge is 0.394 e. The van der Waals surface area contributed by atoms with Gasteiger partial charge in [-0.25, -0.2) is 0 Å². The topological polar surface area (TPSA) is 313 Å². The molecule has 0 spiro atoms. The first-order chi connectivity index (χ1) is 12.4. The van der Waals surface area contributed by atoms with Crippen LogP contribution in [-0.4, -0.2) is 110 Å². The summed E-state index contributed by atoms with van der Waals surface area (Å²) in [5.41, 5.74) is 0. The van der Waals surface area contributed by atoms with E-state index in [9.17, 15) is 0 Å². The maximum absolute atomic E-state index is 8.74. The van der Waals surface area contributed by atoms with E-state index >= 15 is 0 Å². The number of nitrogens with zero attached hydrogens (tertiary/aromatic N) is 2. The van der Waals surface area contributed by atoms with Gasteiger partial charge in [-0.3, -0.25) is 28.0 Å². The van der Waals surface area contributed by atoms with Crippen LogP contribution >= 0.6 is 0 Å². The van der Waals surface area contributed by atoms with E-state index in [0.29, 0.717) is 0 Å². The van der Waals surface area contributed by atoms with Crippen molar-refractivity contribution < 1.29 is 62.4 Å². The molecule has 14 N–H and O–H groups in total. The average Bonchev–Trinajstić information content (AvgIpc) is 2.52. The first kappa shape index (κ1) is 38.7. The van der Waals surface area contributed by atoms with Crippen LogP contribution < -0.4 is 0 Å². The van der Waals surface area contributed by atoms with Crippen molar-refractivity contribution in [3.8, 4) is 0 Å². The predicted octanol–water partition coefficient (Wildman–Crippen LogP) is -3.08. The maximum atomic E-state index is 8.74. The third kappa shape index (κ3) is 13.9. The van der Waals surface area contributed by atoms with Crippen molar-refractivity contribution in [2.75, 3.05) is 26.2 Å². The highest BCUT2D eigenvalue weighted by atomic mass is 32.3. The molecule has 0 aromatic rings. The van der Waals surface area contributed by atoms with Crippen LogP contribution in [0.2, 0.25) is 0 Å². The third-order valence-electron chi connectivity index (χ3n) is 5.96. The second kappa shape index (κ2) is 16.1. The molecule has 0 aromatic carbocycles. The van der Waals surface area contributed by atoms with E-state index in [1.165, 1.54) is 64.7 Å². The zero-order valence-corrected chi connectivity index (χ0v) is 19.4. The SMILES string of the molecule is C1CCN2C[C@@H]3C[C@@H](CN4CCCC[C@@H]34)[C@H]2C1.O.O.O.O.O.O=S(=O)(O)O.O=S(=O)(O)O. The highest BCUT2D eigenvalue weighted by Crippen LogP contribution is 2.42. The minimum Gasteiger partial charge on any atom is -0.412 e. The van der Waals surface area contributed by atoms with Crippen LogP contribution in [0, 0.1) is 11.8 Å². The summed E-state index contributed by atoms with van der Waals surface area (Å²) in [6.07, 6.45) is 10.5. The summed E-state index contributed by atoms with van der Waals surface area (Å²) < 4.78 is 63.2. The minimum absolute atomic E-state index is 0. The molecule has 0 saturated carbocycles. The van der Waals surface area contributed by atoms with E-state index in [2.05, 4.69) is 9.80 Å². The normalized spacial score (nSPS) is 28.8. The lowest BCUT2D eigenvalue weighted by atomic mass is 9.71. The Morgan fingerprint density at radius 3 is 1.12 bits per heavy atom. The van der Waals surface area contributed by atoms with Gasteiger partial charge < -0.3 is 27.4 Å². The minimum atomic E-state index is -4.67. The van der Waals surface area contributed by atoms with Gasteiger partial charge >= 0.3 is 20.8 Å². The Labute approximate surface area is 188 Å². The van der Waals surface area contributed by atoms with Crippen LogP contribution in [-0.2, 0) is 20.8 Å². The first-order valence-corrected chi connectivity index (χ1v) is 12.1. The van der Waals surface area contributed by atoms with Gasteiger partial charge in [0.1, 0.15) is 0 Å². The lowest BCUT2D eigenvalue weighted by Crippen LogP contribution is -2.63. The summed E-state index contributed by atoms with van der Waals surface area (Å²) in [5.74, 6) is 2.03. The van der Waals surface area contributed by atoms with Gasteiger partial charge in [0.25, 0.3) is 0 Å². The van der Waals surface area contributed by atoms with Crippen molar-refractivity contribution in [2.45, 2.75) is 57.0 Å². The third-order valence-corrected chi connectivity index (χ3v) is 5.96. The van der Waals surface area contributed by atoms with E-state index in [0.717, 1.165) is 23.9 Å². The van der Waals surface area contributed by atoms with E-state index in [4.69, 9.17) is 35.0 Å². The summed E-state index contributed by atoms with van der Waals surface area (Å²) in [7, 11) is -9.33. The lowest BCUT2D eigenvalue weighted by molar-refractivity contribution is -0.0718. The predicted molar refractivity (Wildman–Crippen MR) is 116 cm³/mol. The maximum Gasteiger partial charge on any atom is 0.394 e. The second-order valence-electron chi connectivity index (χ2n) is 7.77. The number of hydrogen-bond acceptors (Lipinski definition) is 6. The van der Waals surface area contributed by atoms with Gasteiger partial charge in [0.15, 0.2) is 0 Å². The highest BCUT2D eigenvalue weighted by Gasteiger charge is 2.46. The molecule has 4 aliphatic rings. The fraction of sp³-hybridized carbons (Fsp3) is 1.00. The van der Waals surface area contributed by atoms with Crippen LogP contribution in [0.15, 0.2) is 0 Å². The standard InChI is InChI=1S/C15H26N2.2H2O4S.5H2O/c1-3-7-16-11-13-9-12(14(16)5-1)10-17-8-4-2-6-15(13)17;2*1-5(2,3)4;;;;;/h12-15H,1-11H2;2*(H2,1,2,3,4);5*1H2/t12-,13-,14-,15+;;;;;;;/m0......./s1. The van der Waals surface area contributed by atoms with Crippen LogP contribution in [0.3, 0.4) is 0 Å². The highest BCUT2D eigenvalue weighted by molar-refractivity contribution is 7.80. The molecular weight excluding hydrogens is 480 g/mol. The molecule has 4 rings (SSSR count). The number of fused-ring (bicyclic) bond motifs is 6. The zero-order valence-electron chi connectivity index (χ0n) is 17.7. The molecule has 0 amide bonds. The number of piperidine rings is 4. The van der Waals surface area contributed by atoms with E-state index in [-0.39, 0.29) is 27.4 Å². The Hall–Kier alpha value is -0.540. The fourth-order valence-electron chi connectivity index (χ4n) is 5.25. The Bertz CT molecular complexity index is 617. The van der Waals surface area contributed by atoms with Gasteiger partial charge in [-0.15, -0.1) is 0 Å². The van der Waals surface area contributed by atoms with Gasteiger partial charge in [-0.2, -0.15) is 16.8 Å². The molecule has 0 radical (unpaired) electrons. The van der Waals surface area contributed by atoms with Gasteiger partial charge in [0, 0.05) is 25.2 Å². The molecule has 32 heavy (non-hydrogen) atoms. The van der Waals surface area contributed by atoms with Crippen molar-refractivity contribution in [3.05, 3.63) is 0 Å². The molecule has 15 nitrogen and oxygen atoms in total. The van der Waals surface area contributed by atoms with E-state index < -0.39 is 20.8 Å². The molecule has 4 heterocycles. The van der Waals surface area contributed by atoms with Crippen LogP contribution in [0.5, 0.6) is 0 Å². The average molecular weight is 521 g/mol. The van der Waals surface area contributed by atoms with E-state index in [1.807, 2.05) is 0 Å². The summed E-state index contributed by atoms with van der Waals surface area (Å²) in [4.78, 5) is 5.74. The van der Waals surface area contributed by atoms with Crippen molar-refractivity contribution in [1.82, 2.24) is 9.80 Å². The zero-order chi connectivity index (χ0) is 20.2.